The van der Waals surface area contributed by atoms with Crippen LogP contribution in [0, 0.1) is 0 Å². The number of ether oxygens (including phenoxy) is 1. The minimum Gasteiger partial charge on any atom is -0.379 e. The Bertz CT molecular complexity index is 1440. The number of anilines is 1. The first-order chi connectivity index (χ1) is 18.8. The summed E-state index contributed by atoms with van der Waals surface area (Å²) in [5.74, 6) is -0.689. The highest BCUT2D eigenvalue weighted by Gasteiger charge is 2.34. The zero-order valence-electron chi connectivity index (χ0n) is 21.2. The molecule has 39 heavy (non-hydrogen) atoms. The fourth-order valence-electron chi connectivity index (χ4n) is 4.55. The molecule has 0 atom stereocenters. The van der Waals surface area contributed by atoms with Gasteiger partial charge in [-0.1, -0.05) is 30.7 Å². The number of rotatable bonds is 10. The highest BCUT2D eigenvalue weighted by molar-refractivity contribution is 7.89. The van der Waals surface area contributed by atoms with Crippen LogP contribution in [0.5, 0.6) is 0 Å². The Morgan fingerprint density at radius 3 is 2.28 bits per heavy atom. The summed E-state index contributed by atoms with van der Waals surface area (Å²) in [6.07, 6.45) is 2.23. The number of aromatic nitrogens is 1. The van der Waals surface area contributed by atoms with Crippen molar-refractivity contribution in [2.75, 3.05) is 38.2 Å². The van der Waals surface area contributed by atoms with Gasteiger partial charge in [-0.3, -0.25) is 19.3 Å². The molecule has 2 aromatic carbocycles. The van der Waals surface area contributed by atoms with E-state index in [1.165, 1.54) is 20.5 Å². The molecule has 3 amide bonds. The number of nitrogens with one attached hydrogen (secondary N) is 1. The lowest BCUT2D eigenvalue weighted by Gasteiger charge is -2.26. The van der Waals surface area contributed by atoms with E-state index < -0.39 is 10.0 Å². The van der Waals surface area contributed by atoms with Gasteiger partial charge in [-0.15, -0.1) is 11.3 Å². The number of fused-ring (bicyclic) bond motifs is 1. The van der Waals surface area contributed by atoms with Gasteiger partial charge in [0, 0.05) is 37.0 Å². The van der Waals surface area contributed by atoms with Gasteiger partial charge >= 0.3 is 0 Å². The summed E-state index contributed by atoms with van der Waals surface area (Å²) in [6.45, 7) is 1.79. The van der Waals surface area contributed by atoms with Crippen molar-refractivity contribution in [3.63, 3.8) is 0 Å². The molecule has 0 bridgehead atoms. The molecule has 10 nitrogen and oxygen atoms in total. The van der Waals surface area contributed by atoms with Crippen molar-refractivity contribution in [3.05, 3.63) is 65.0 Å². The molecule has 5 rings (SSSR count). The largest absolute Gasteiger partial charge is 0.379 e. The van der Waals surface area contributed by atoms with E-state index in [1.807, 2.05) is 5.38 Å². The Hall–Kier alpha value is -3.45. The zero-order valence-corrected chi connectivity index (χ0v) is 22.8. The number of thiazole rings is 1. The minimum absolute atomic E-state index is 0.163. The number of benzene rings is 2. The average molecular weight is 569 g/mol. The maximum absolute atomic E-state index is 12.8. The molecule has 2 aliphatic heterocycles. The molecule has 3 heterocycles. The Kier molecular flexibility index (Phi) is 8.17. The van der Waals surface area contributed by atoms with Gasteiger partial charge in [-0.05, 0) is 37.1 Å². The molecular formula is C27H28N4O6S2. The van der Waals surface area contributed by atoms with E-state index in [2.05, 4.69) is 10.3 Å². The van der Waals surface area contributed by atoms with E-state index in [0.29, 0.717) is 80.5 Å². The summed E-state index contributed by atoms with van der Waals surface area (Å²) >= 11 is 1.30. The van der Waals surface area contributed by atoms with Crippen molar-refractivity contribution in [1.82, 2.24) is 14.2 Å². The second-order valence-electron chi connectivity index (χ2n) is 9.25. The number of carbonyl (C=O) groups is 3. The van der Waals surface area contributed by atoms with Crippen LogP contribution in [0.25, 0.3) is 11.3 Å². The lowest BCUT2D eigenvalue weighted by atomic mass is 10.1. The molecule has 1 fully saturated rings. The van der Waals surface area contributed by atoms with Crippen molar-refractivity contribution in [2.24, 2.45) is 0 Å². The van der Waals surface area contributed by atoms with Gasteiger partial charge in [0.05, 0.1) is 34.9 Å². The van der Waals surface area contributed by atoms with E-state index in [1.54, 1.807) is 48.5 Å². The lowest BCUT2D eigenvalue weighted by Crippen LogP contribution is -2.40. The Labute approximate surface area is 230 Å². The van der Waals surface area contributed by atoms with Crippen LogP contribution in [0.1, 0.15) is 46.4 Å². The molecule has 12 heteroatoms. The van der Waals surface area contributed by atoms with E-state index in [4.69, 9.17) is 4.74 Å². The van der Waals surface area contributed by atoms with Crippen molar-refractivity contribution in [1.29, 1.82) is 0 Å². The molecule has 1 aromatic heterocycles. The Balaban J connectivity index is 1.07. The van der Waals surface area contributed by atoms with Crippen LogP contribution in [0.3, 0.4) is 0 Å². The van der Waals surface area contributed by atoms with Crippen LogP contribution in [-0.2, 0) is 19.6 Å². The van der Waals surface area contributed by atoms with Crippen molar-refractivity contribution < 1.29 is 27.5 Å². The molecule has 1 saturated heterocycles. The Morgan fingerprint density at radius 1 is 0.949 bits per heavy atom. The number of unbranched alkanes of at least 4 members (excludes halogenated alkanes) is 2. The number of hydrogen-bond donors (Lipinski definition) is 1. The number of hydrogen-bond acceptors (Lipinski definition) is 8. The fraction of sp³-hybridized carbons (Fsp3) is 0.333. The average Bonchev–Trinajstić information content (AvgIpc) is 3.52. The number of morpholine rings is 1. The topological polar surface area (TPSA) is 126 Å². The maximum atomic E-state index is 12.8. The van der Waals surface area contributed by atoms with E-state index in [-0.39, 0.29) is 22.6 Å². The predicted molar refractivity (Wildman–Crippen MR) is 146 cm³/mol. The zero-order chi connectivity index (χ0) is 27.4. The molecule has 0 radical (unpaired) electrons. The monoisotopic (exact) mass is 568 g/mol. The molecule has 0 saturated carbocycles. The van der Waals surface area contributed by atoms with E-state index in [9.17, 15) is 22.8 Å². The number of sulfonamides is 1. The second-order valence-corrected chi connectivity index (χ2v) is 12.0. The summed E-state index contributed by atoms with van der Waals surface area (Å²) in [5.41, 5.74) is 2.28. The second kappa shape index (κ2) is 11.7. The van der Waals surface area contributed by atoms with Crippen molar-refractivity contribution in [2.45, 2.75) is 30.6 Å². The first kappa shape index (κ1) is 27.1. The minimum atomic E-state index is -3.57. The summed E-state index contributed by atoms with van der Waals surface area (Å²) in [4.78, 5) is 43.2. The van der Waals surface area contributed by atoms with Gasteiger partial charge < -0.3 is 10.1 Å². The molecular weight excluding hydrogens is 540 g/mol. The van der Waals surface area contributed by atoms with Gasteiger partial charge in [0.25, 0.3) is 11.8 Å². The first-order valence-electron chi connectivity index (χ1n) is 12.7. The van der Waals surface area contributed by atoms with Gasteiger partial charge in [-0.25, -0.2) is 13.4 Å². The highest BCUT2D eigenvalue weighted by atomic mass is 32.2. The SMILES string of the molecule is O=C(CCCCCN1C(=O)c2ccccc2C1=O)Nc1nc(-c2ccc(S(=O)(=O)N3CCOCC3)cc2)cs1. The standard InChI is InChI=1S/C27H28N4O6S2/c32-24(8-2-1-5-13-31-25(33)21-6-3-4-7-22(21)26(31)34)29-27-28-23(18-38-27)19-9-11-20(12-10-19)39(35,36)30-14-16-37-17-15-30/h3-4,6-7,9-12,18H,1-2,5,8,13-17H2,(H,28,29,32). The van der Waals surface area contributed by atoms with Crippen molar-refractivity contribution in [3.8, 4) is 11.3 Å². The third kappa shape index (κ3) is 5.93. The van der Waals surface area contributed by atoms with E-state index in [0.717, 1.165) is 5.56 Å². The summed E-state index contributed by atoms with van der Waals surface area (Å²) < 4.78 is 32.3. The molecule has 0 spiro atoms. The van der Waals surface area contributed by atoms with E-state index >= 15 is 0 Å². The lowest BCUT2D eigenvalue weighted by molar-refractivity contribution is -0.116. The highest BCUT2D eigenvalue weighted by Crippen LogP contribution is 2.27. The summed E-state index contributed by atoms with van der Waals surface area (Å²) in [6, 6.07) is 13.4. The van der Waals surface area contributed by atoms with Gasteiger partial charge in [-0.2, -0.15) is 4.31 Å². The number of nitrogens with zero attached hydrogens (tertiary/aromatic N) is 3. The fourth-order valence-corrected chi connectivity index (χ4v) is 6.70. The van der Waals surface area contributed by atoms with Crippen LogP contribution < -0.4 is 5.32 Å². The van der Waals surface area contributed by atoms with Crippen LogP contribution in [0.4, 0.5) is 5.13 Å². The first-order valence-corrected chi connectivity index (χ1v) is 15.1. The predicted octanol–water partition coefficient (Wildman–Crippen LogP) is 3.63. The molecule has 1 N–H and O–H groups in total. The third-order valence-electron chi connectivity index (χ3n) is 6.67. The van der Waals surface area contributed by atoms with Gasteiger partial charge in [0.2, 0.25) is 15.9 Å². The third-order valence-corrected chi connectivity index (χ3v) is 9.34. The van der Waals surface area contributed by atoms with Crippen LogP contribution in [-0.4, -0.2) is 73.2 Å². The van der Waals surface area contributed by atoms with Crippen molar-refractivity contribution >= 4 is 44.2 Å². The Morgan fingerprint density at radius 2 is 1.62 bits per heavy atom. The summed E-state index contributed by atoms with van der Waals surface area (Å²) in [5, 5.41) is 5.08. The number of carbonyl (C=O) groups excluding carboxylic acids is 3. The van der Waals surface area contributed by atoms with Crippen LogP contribution >= 0.6 is 11.3 Å². The molecule has 3 aromatic rings. The smallest absolute Gasteiger partial charge is 0.261 e. The molecule has 0 aliphatic carbocycles. The number of imide groups is 1. The maximum Gasteiger partial charge on any atom is 0.261 e. The quantitative estimate of drug-likeness (QED) is 0.292. The number of amides is 3. The summed E-state index contributed by atoms with van der Waals surface area (Å²) in [7, 11) is -3.57. The van der Waals surface area contributed by atoms with Crippen LogP contribution in [0.15, 0.2) is 58.8 Å². The molecule has 2 aliphatic rings. The normalized spacial score (nSPS) is 15.9. The van der Waals surface area contributed by atoms with Gasteiger partial charge in [0.15, 0.2) is 5.13 Å². The van der Waals surface area contributed by atoms with Crippen LogP contribution in [0.2, 0.25) is 0 Å². The molecule has 204 valence electrons. The van der Waals surface area contributed by atoms with Gasteiger partial charge in [0.1, 0.15) is 0 Å². The molecule has 0 unspecified atom stereocenters.